The van der Waals surface area contributed by atoms with Crippen molar-refractivity contribution in [1.29, 1.82) is 0 Å². The molecule has 0 bridgehead atoms. The highest BCUT2D eigenvalue weighted by atomic mass is 16.5. The highest BCUT2D eigenvalue weighted by Crippen LogP contribution is 2.10. The average Bonchev–Trinajstić information content (AvgIpc) is 2.00. The SMILES string of the molecule is CCOC(=O)C(CC)CC(C)=O. The fourth-order valence-corrected chi connectivity index (χ4v) is 1.00. The maximum atomic E-state index is 11.1. The summed E-state index contributed by atoms with van der Waals surface area (Å²) in [6.07, 6.45) is 0.966. The fourth-order valence-electron chi connectivity index (χ4n) is 1.00. The monoisotopic (exact) mass is 172 g/mol. The summed E-state index contributed by atoms with van der Waals surface area (Å²) in [6.45, 7) is 5.51. The molecule has 1 atom stereocenters. The lowest BCUT2D eigenvalue weighted by Crippen LogP contribution is -2.19. The molecule has 0 spiro atoms. The van der Waals surface area contributed by atoms with Gasteiger partial charge in [0.2, 0.25) is 0 Å². The number of rotatable bonds is 5. The first kappa shape index (κ1) is 11.1. The summed E-state index contributed by atoms with van der Waals surface area (Å²) in [5.41, 5.74) is 0. The predicted molar refractivity (Wildman–Crippen MR) is 45.7 cm³/mol. The third kappa shape index (κ3) is 4.11. The van der Waals surface area contributed by atoms with Crippen molar-refractivity contribution in [1.82, 2.24) is 0 Å². The van der Waals surface area contributed by atoms with Gasteiger partial charge in [0.05, 0.1) is 12.5 Å². The average molecular weight is 172 g/mol. The smallest absolute Gasteiger partial charge is 0.309 e. The van der Waals surface area contributed by atoms with Crippen molar-refractivity contribution in [3.63, 3.8) is 0 Å². The van der Waals surface area contributed by atoms with Crippen molar-refractivity contribution in [3.05, 3.63) is 0 Å². The van der Waals surface area contributed by atoms with E-state index in [1.54, 1.807) is 6.92 Å². The van der Waals surface area contributed by atoms with Gasteiger partial charge in [-0.15, -0.1) is 0 Å². The fraction of sp³-hybridized carbons (Fsp3) is 0.778. The van der Waals surface area contributed by atoms with E-state index in [0.717, 1.165) is 0 Å². The lowest BCUT2D eigenvalue weighted by Gasteiger charge is -2.10. The topological polar surface area (TPSA) is 43.4 Å². The van der Waals surface area contributed by atoms with Crippen LogP contribution in [0.25, 0.3) is 0 Å². The van der Waals surface area contributed by atoms with E-state index in [9.17, 15) is 9.59 Å². The standard InChI is InChI=1S/C9H16O3/c1-4-8(6-7(3)10)9(11)12-5-2/h8H,4-6H2,1-3H3. The van der Waals surface area contributed by atoms with E-state index in [0.29, 0.717) is 19.4 Å². The van der Waals surface area contributed by atoms with E-state index in [2.05, 4.69) is 0 Å². The molecule has 0 saturated heterocycles. The van der Waals surface area contributed by atoms with Gasteiger partial charge in [0.15, 0.2) is 0 Å². The Morgan fingerprint density at radius 2 is 1.92 bits per heavy atom. The van der Waals surface area contributed by atoms with Gasteiger partial charge >= 0.3 is 5.97 Å². The molecule has 0 radical (unpaired) electrons. The molecular weight excluding hydrogens is 156 g/mol. The quantitative estimate of drug-likeness (QED) is 0.591. The Morgan fingerprint density at radius 1 is 1.33 bits per heavy atom. The molecule has 70 valence electrons. The zero-order valence-corrected chi connectivity index (χ0v) is 7.92. The Morgan fingerprint density at radius 3 is 2.25 bits per heavy atom. The van der Waals surface area contributed by atoms with Crippen molar-refractivity contribution in [2.75, 3.05) is 6.61 Å². The van der Waals surface area contributed by atoms with E-state index in [1.807, 2.05) is 6.92 Å². The molecule has 0 heterocycles. The number of hydrogen-bond acceptors (Lipinski definition) is 3. The molecule has 1 unspecified atom stereocenters. The molecule has 0 aliphatic carbocycles. The summed E-state index contributed by atoms with van der Waals surface area (Å²) < 4.78 is 4.80. The molecule has 0 rings (SSSR count). The minimum Gasteiger partial charge on any atom is -0.466 e. The van der Waals surface area contributed by atoms with Crippen molar-refractivity contribution < 1.29 is 14.3 Å². The normalized spacial score (nSPS) is 12.2. The highest BCUT2D eigenvalue weighted by molar-refractivity contribution is 5.82. The van der Waals surface area contributed by atoms with Crippen LogP contribution in [0.15, 0.2) is 0 Å². The van der Waals surface area contributed by atoms with Gasteiger partial charge in [-0.25, -0.2) is 0 Å². The second-order valence-corrected chi connectivity index (χ2v) is 2.76. The summed E-state index contributed by atoms with van der Waals surface area (Å²) in [6, 6.07) is 0. The van der Waals surface area contributed by atoms with Crippen molar-refractivity contribution in [3.8, 4) is 0 Å². The van der Waals surface area contributed by atoms with Gasteiger partial charge < -0.3 is 9.53 Å². The molecule has 0 aliphatic heterocycles. The van der Waals surface area contributed by atoms with Gasteiger partial charge in [-0.2, -0.15) is 0 Å². The molecule has 3 heteroatoms. The Hall–Kier alpha value is -0.860. The van der Waals surface area contributed by atoms with Crippen LogP contribution in [-0.4, -0.2) is 18.4 Å². The lowest BCUT2D eigenvalue weighted by atomic mass is 10.0. The Kier molecular flexibility index (Phi) is 5.34. The number of carbonyl (C=O) groups excluding carboxylic acids is 2. The van der Waals surface area contributed by atoms with Crippen LogP contribution in [0, 0.1) is 5.92 Å². The third-order valence-corrected chi connectivity index (χ3v) is 1.65. The third-order valence-electron chi connectivity index (χ3n) is 1.65. The van der Waals surface area contributed by atoms with Gasteiger partial charge in [-0.05, 0) is 20.3 Å². The number of hydrogen-bond donors (Lipinski definition) is 0. The number of carbonyl (C=O) groups is 2. The maximum Gasteiger partial charge on any atom is 0.309 e. The Balaban J connectivity index is 3.96. The van der Waals surface area contributed by atoms with Gasteiger partial charge in [0, 0.05) is 6.42 Å². The van der Waals surface area contributed by atoms with Gasteiger partial charge in [0.25, 0.3) is 0 Å². The highest BCUT2D eigenvalue weighted by Gasteiger charge is 2.18. The lowest BCUT2D eigenvalue weighted by molar-refractivity contribution is -0.149. The minimum absolute atomic E-state index is 0.0369. The zero-order valence-electron chi connectivity index (χ0n) is 7.92. The summed E-state index contributed by atoms with van der Waals surface area (Å²) in [4.78, 5) is 21.8. The number of ketones is 1. The first-order valence-corrected chi connectivity index (χ1v) is 4.27. The first-order chi connectivity index (χ1) is 5.61. The van der Waals surface area contributed by atoms with Crippen LogP contribution in [0.2, 0.25) is 0 Å². The summed E-state index contributed by atoms with van der Waals surface area (Å²) in [5, 5.41) is 0. The minimum atomic E-state index is -0.254. The molecule has 12 heavy (non-hydrogen) atoms. The van der Waals surface area contributed by atoms with Gasteiger partial charge in [-0.1, -0.05) is 6.92 Å². The van der Waals surface area contributed by atoms with Crippen LogP contribution >= 0.6 is 0 Å². The van der Waals surface area contributed by atoms with E-state index < -0.39 is 0 Å². The second-order valence-electron chi connectivity index (χ2n) is 2.76. The van der Waals surface area contributed by atoms with Crippen LogP contribution in [0.5, 0.6) is 0 Å². The van der Waals surface area contributed by atoms with E-state index in [-0.39, 0.29) is 17.7 Å². The van der Waals surface area contributed by atoms with Crippen LogP contribution in [0.1, 0.15) is 33.6 Å². The molecule has 0 N–H and O–H groups in total. The molecule has 0 aromatic rings. The number of ether oxygens (including phenoxy) is 1. The van der Waals surface area contributed by atoms with Crippen molar-refractivity contribution in [2.45, 2.75) is 33.6 Å². The maximum absolute atomic E-state index is 11.1. The molecule has 0 aromatic carbocycles. The number of esters is 1. The summed E-state index contributed by atoms with van der Waals surface area (Å²) in [5.74, 6) is -0.465. The van der Waals surface area contributed by atoms with Gasteiger partial charge in [0.1, 0.15) is 5.78 Å². The van der Waals surface area contributed by atoms with E-state index >= 15 is 0 Å². The number of Topliss-reactive ketones (excluding diaryl/α,β-unsaturated/α-hetero) is 1. The van der Waals surface area contributed by atoms with Crippen LogP contribution in [-0.2, 0) is 14.3 Å². The second kappa shape index (κ2) is 5.75. The molecular formula is C9H16O3. The van der Waals surface area contributed by atoms with E-state index in [1.165, 1.54) is 6.92 Å². The zero-order chi connectivity index (χ0) is 9.56. The van der Waals surface area contributed by atoms with Crippen LogP contribution in [0.4, 0.5) is 0 Å². The van der Waals surface area contributed by atoms with Crippen molar-refractivity contribution in [2.24, 2.45) is 5.92 Å². The largest absolute Gasteiger partial charge is 0.466 e. The van der Waals surface area contributed by atoms with Crippen molar-refractivity contribution >= 4 is 11.8 Å². The molecule has 0 aromatic heterocycles. The van der Waals surface area contributed by atoms with Crippen LogP contribution < -0.4 is 0 Å². The Labute approximate surface area is 73.1 Å². The molecule has 0 fully saturated rings. The Bertz CT molecular complexity index is 163. The molecule has 0 aliphatic rings. The first-order valence-electron chi connectivity index (χ1n) is 4.27. The van der Waals surface area contributed by atoms with E-state index in [4.69, 9.17) is 4.74 Å². The summed E-state index contributed by atoms with van der Waals surface area (Å²) >= 11 is 0. The molecule has 0 amide bonds. The van der Waals surface area contributed by atoms with Gasteiger partial charge in [-0.3, -0.25) is 4.79 Å². The van der Waals surface area contributed by atoms with Crippen LogP contribution in [0.3, 0.4) is 0 Å². The molecule has 0 saturated carbocycles. The molecule has 3 nitrogen and oxygen atoms in total. The predicted octanol–water partition coefficient (Wildman–Crippen LogP) is 1.55. The summed E-state index contributed by atoms with van der Waals surface area (Å²) in [7, 11) is 0.